The fraction of sp³-hybridized carbons (Fsp3) is 0.417. The Balaban J connectivity index is 2.36. The predicted octanol–water partition coefficient (Wildman–Crippen LogP) is 1.77. The Labute approximate surface area is 114 Å². The zero-order valence-electron chi connectivity index (χ0n) is 9.97. The molecule has 1 aromatic carbocycles. The van der Waals surface area contributed by atoms with E-state index in [1.807, 2.05) is 18.2 Å². The number of amidine groups is 1. The average Bonchev–Trinajstić information content (AvgIpc) is 2.66. The van der Waals surface area contributed by atoms with E-state index in [1.165, 1.54) is 0 Å². The van der Waals surface area contributed by atoms with Crippen molar-refractivity contribution in [3.05, 3.63) is 28.2 Å². The lowest BCUT2D eigenvalue weighted by molar-refractivity contribution is 0.152. The maximum Gasteiger partial charge on any atom is 0.172 e. The lowest BCUT2D eigenvalue weighted by Crippen LogP contribution is -2.29. The zero-order chi connectivity index (χ0) is 13.0. The van der Waals surface area contributed by atoms with Crippen LogP contribution >= 0.6 is 15.9 Å². The number of ether oxygens (including phenoxy) is 1. The Morgan fingerprint density at radius 3 is 3.00 bits per heavy atom. The summed E-state index contributed by atoms with van der Waals surface area (Å²) in [6.45, 7) is 3.21. The molecule has 5 nitrogen and oxygen atoms in total. The average molecular weight is 314 g/mol. The third-order valence-electron chi connectivity index (χ3n) is 2.91. The number of anilines is 1. The molecular formula is C12H16BrN3O2. The van der Waals surface area contributed by atoms with E-state index >= 15 is 0 Å². The zero-order valence-corrected chi connectivity index (χ0v) is 11.6. The summed E-state index contributed by atoms with van der Waals surface area (Å²) in [6, 6.07) is 5.79. The van der Waals surface area contributed by atoms with Crippen LogP contribution in [0.1, 0.15) is 12.0 Å². The number of hydrogen-bond acceptors (Lipinski definition) is 4. The van der Waals surface area contributed by atoms with Gasteiger partial charge in [0.1, 0.15) is 0 Å². The largest absolute Gasteiger partial charge is 0.409 e. The summed E-state index contributed by atoms with van der Waals surface area (Å²) in [5, 5.41) is 12.0. The molecule has 0 atom stereocenters. The van der Waals surface area contributed by atoms with Crippen LogP contribution in [0.25, 0.3) is 0 Å². The number of benzene rings is 1. The second kappa shape index (κ2) is 6.06. The van der Waals surface area contributed by atoms with Crippen LogP contribution in [0.15, 0.2) is 27.8 Å². The lowest BCUT2D eigenvalue weighted by atomic mass is 10.1. The van der Waals surface area contributed by atoms with E-state index in [1.54, 1.807) is 0 Å². The van der Waals surface area contributed by atoms with Gasteiger partial charge in [0.2, 0.25) is 0 Å². The normalized spacial score (nSPS) is 17.6. The maximum absolute atomic E-state index is 8.86. The summed E-state index contributed by atoms with van der Waals surface area (Å²) in [5.74, 6) is 0.122. The van der Waals surface area contributed by atoms with E-state index in [9.17, 15) is 0 Å². The molecule has 2 rings (SSSR count). The van der Waals surface area contributed by atoms with Crippen molar-refractivity contribution < 1.29 is 9.94 Å². The third kappa shape index (κ3) is 2.94. The van der Waals surface area contributed by atoms with Gasteiger partial charge in [-0.25, -0.2) is 0 Å². The van der Waals surface area contributed by atoms with Gasteiger partial charge >= 0.3 is 0 Å². The summed E-state index contributed by atoms with van der Waals surface area (Å²) < 4.78 is 6.34. The summed E-state index contributed by atoms with van der Waals surface area (Å²) >= 11 is 3.40. The molecule has 0 saturated carbocycles. The SMILES string of the molecule is N/C(=N/O)c1cc(Br)ccc1N1CCCOCC1. The lowest BCUT2D eigenvalue weighted by Gasteiger charge is -2.24. The minimum Gasteiger partial charge on any atom is -0.409 e. The predicted molar refractivity (Wildman–Crippen MR) is 74.3 cm³/mol. The highest BCUT2D eigenvalue weighted by Crippen LogP contribution is 2.25. The Morgan fingerprint density at radius 1 is 1.39 bits per heavy atom. The summed E-state index contributed by atoms with van der Waals surface area (Å²) in [7, 11) is 0. The summed E-state index contributed by atoms with van der Waals surface area (Å²) in [5.41, 5.74) is 7.43. The minimum absolute atomic E-state index is 0.122. The third-order valence-corrected chi connectivity index (χ3v) is 3.40. The van der Waals surface area contributed by atoms with Crippen LogP contribution in [-0.4, -0.2) is 37.3 Å². The molecule has 6 heteroatoms. The summed E-state index contributed by atoms with van der Waals surface area (Å²) in [6.07, 6.45) is 0.978. The first-order valence-electron chi connectivity index (χ1n) is 5.82. The number of nitrogens with zero attached hydrogens (tertiary/aromatic N) is 2. The van der Waals surface area contributed by atoms with Gasteiger partial charge in [-0.05, 0) is 24.6 Å². The van der Waals surface area contributed by atoms with Crippen LogP contribution in [0.3, 0.4) is 0 Å². The van der Waals surface area contributed by atoms with Crippen LogP contribution in [0, 0.1) is 0 Å². The van der Waals surface area contributed by atoms with Crippen molar-refractivity contribution in [3.63, 3.8) is 0 Å². The first kappa shape index (κ1) is 13.2. The Kier molecular flexibility index (Phi) is 4.43. The second-order valence-electron chi connectivity index (χ2n) is 4.10. The van der Waals surface area contributed by atoms with E-state index in [0.717, 1.165) is 41.8 Å². The number of halogens is 1. The quantitative estimate of drug-likeness (QED) is 0.378. The number of nitrogens with two attached hydrogens (primary N) is 1. The van der Waals surface area contributed by atoms with Crippen molar-refractivity contribution in [1.29, 1.82) is 0 Å². The first-order chi connectivity index (χ1) is 8.72. The van der Waals surface area contributed by atoms with Gasteiger partial charge in [0, 0.05) is 35.4 Å². The van der Waals surface area contributed by atoms with E-state index in [4.69, 9.17) is 15.7 Å². The summed E-state index contributed by atoms with van der Waals surface area (Å²) in [4.78, 5) is 2.20. The van der Waals surface area contributed by atoms with Crippen molar-refractivity contribution in [2.24, 2.45) is 10.9 Å². The second-order valence-corrected chi connectivity index (χ2v) is 5.02. The van der Waals surface area contributed by atoms with Crippen molar-refractivity contribution in [2.75, 3.05) is 31.2 Å². The highest BCUT2D eigenvalue weighted by atomic mass is 79.9. The smallest absolute Gasteiger partial charge is 0.172 e. The number of oxime groups is 1. The Morgan fingerprint density at radius 2 is 2.22 bits per heavy atom. The van der Waals surface area contributed by atoms with Crippen LogP contribution in [0.4, 0.5) is 5.69 Å². The molecule has 0 aliphatic carbocycles. The van der Waals surface area contributed by atoms with E-state index in [0.29, 0.717) is 6.61 Å². The van der Waals surface area contributed by atoms with E-state index in [-0.39, 0.29) is 5.84 Å². The molecule has 0 spiro atoms. The molecule has 98 valence electrons. The van der Waals surface area contributed by atoms with Gasteiger partial charge in [-0.2, -0.15) is 0 Å². The van der Waals surface area contributed by atoms with Crippen LogP contribution in [0.5, 0.6) is 0 Å². The molecule has 0 aromatic heterocycles. The highest BCUT2D eigenvalue weighted by Gasteiger charge is 2.16. The van der Waals surface area contributed by atoms with Crippen LogP contribution in [-0.2, 0) is 4.74 Å². The molecular weight excluding hydrogens is 298 g/mol. The van der Waals surface area contributed by atoms with Gasteiger partial charge in [-0.1, -0.05) is 21.1 Å². The Bertz CT molecular complexity index is 443. The molecule has 1 saturated heterocycles. The molecule has 1 heterocycles. The van der Waals surface area contributed by atoms with E-state index < -0.39 is 0 Å². The first-order valence-corrected chi connectivity index (χ1v) is 6.62. The van der Waals surface area contributed by atoms with Gasteiger partial charge in [-0.3, -0.25) is 0 Å². The molecule has 0 bridgehead atoms. The molecule has 0 amide bonds. The van der Waals surface area contributed by atoms with Crippen molar-refractivity contribution in [3.8, 4) is 0 Å². The number of hydrogen-bond donors (Lipinski definition) is 2. The topological polar surface area (TPSA) is 71.1 Å². The van der Waals surface area contributed by atoms with Gasteiger partial charge in [0.15, 0.2) is 5.84 Å². The van der Waals surface area contributed by atoms with Gasteiger partial charge in [-0.15, -0.1) is 0 Å². The van der Waals surface area contributed by atoms with Crippen molar-refractivity contribution in [1.82, 2.24) is 0 Å². The molecule has 1 fully saturated rings. The fourth-order valence-corrected chi connectivity index (χ4v) is 2.39. The van der Waals surface area contributed by atoms with Gasteiger partial charge < -0.3 is 20.6 Å². The van der Waals surface area contributed by atoms with Crippen molar-refractivity contribution >= 4 is 27.5 Å². The Hall–Kier alpha value is -1.27. The molecule has 0 radical (unpaired) electrons. The highest BCUT2D eigenvalue weighted by molar-refractivity contribution is 9.10. The van der Waals surface area contributed by atoms with E-state index in [2.05, 4.69) is 26.0 Å². The molecule has 0 unspecified atom stereocenters. The van der Waals surface area contributed by atoms with Crippen molar-refractivity contribution in [2.45, 2.75) is 6.42 Å². The van der Waals surface area contributed by atoms with Gasteiger partial charge in [0.05, 0.1) is 6.61 Å². The van der Waals surface area contributed by atoms with Crippen LogP contribution < -0.4 is 10.6 Å². The fourth-order valence-electron chi connectivity index (χ4n) is 2.03. The molecule has 1 aliphatic rings. The standard InChI is InChI=1S/C12H16BrN3O2/c13-9-2-3-11(10(8-9)12(14)15-17)16-4-1-6-18-7-5-16/h2-3,8,17H,1,4-7H2,(H2,14,15). The monoisotopic (exact) mass is 313 g/mol. The number of rotatable bonds is 2. The molecule has 18 heavy (non-hydrogen) atoms. The molecule has 3 N–H and O–H groups in total. The molecule has 1 aliphatic heterocycles. The van der Waals surface area contributed by atoms with Crippen LogP contribution in [0.2, 0.25) is 0 Å². The molecule has 1 aromatic rings. The van der Waals surface area contributed by atoms with Gasteiger partial charge in [0.25, 0.3) is 0 Å². The maximum atomic E-state index is 8.86. The minimum atomic E-state index is 0.122.